The predicted molar refractivity (Wildman–Crippen MR) is 106 cm³/mol. The zero-order valence-electron chi connectivity index (χ0n) is 17.2. The van der Waals surface area contributed by atoms with Crippen molar-refractivity contribution in [3.8, 4) is 0 Å². The summed E-state index contributed by atoms with van der Waals surface area (Å²) in [5.74, 6) is 0. The molecule has 4 amide bonds. The SMILES string of the molecule is CO[Si](CNC(=O)NC/C=C/CNC(=O)NC[Si](OC)(OC)OC)(OC)OC. The van der Waals surface area contributed by atoms with E-state index in [9.17, 15) is 9.59 Å². The van der Waals surface area contributed by atoms with Crippen LogP contribution in [0.4, 0.5) is 9.59 Å². The van der Waals surface area contributed by atoms with Crippen LogP contribution in [0, 0.1) is 0 Å². The van der Waals surface area contributed by atoms with Crippen molar-refractivity contribution in [1.29, 1.82) is 0 Å². The molecular weight excluding hydrogens is 408 g/mol. The van der Waals surface area contributed by atoms with Gasteiger partial charge in [-0.3, -0.25) is 0 Å². The van der Waals surface area contributed by atoms with Gasteiger partial charge in [0.15, 0.2) is 0 Å². The lowest BCUT2D eigenvalue weighted by atomic mass is 10.5. The van der Waals surface area contributed by atoms with Crippen molar-refractivity contribution in [3.05, 3.63) is 12.2 Å². The molecule has 0 rings (SSSR count). The van der Waals surface area contributed by atoms with Gasteiger partial charge in [0.25, 0.3) is 0 Å². The molecule has 0 saturated carbocycles. The number of hydrogen-bond donors (Lipinski definition) is 4. The topological polar surface area (TPSA) is 138 Å². The van der Waals surface area contributed by atoms with Gasteiger partial charge in [-0.05, 0) is 0 Å². The van der Waals surface area contributed by atoms with Crippen LogP contribution in [0.15, 0.2) is 12.2 Å². The van der Waals surface area contributed by atoms with E-state index in [1.165, 1.54) is 42.7 Å². The molecule has 0 aromatic heterocycles. The lowest BCUT2D eigenvalue weighted by Gasteiger charge is -2.24. The largest absolute Gasteiger partial charge is 0.520 e. The van der Waals surface area contributed by atoms with E-state index in [1.54, 1.807) is 12.2 Å². The minimum Gasteiger partial charge on any atom is -0.376 e. The molecule has 28 heavy (non-hydrogen) atoms. The van der Waals surface area contributed by atoms with Crippen molar-refractivity contribution in [2.75, 3.05) is 68.1 Å². The molecule has 12 nitrogen and oxygen atoms in total. The van der Waals surface area contributed by atoms with Crippen LogP contribution >= 0.6 is 0 Å². The number of urea groups is 2. The summed E-state index contributed by atoms with van der Waals surface area (Å²) < 4.78 is 31.2. The molecule has 0 bridgehead atoms. The summed E-state index contributed by atoms with van der Waals surface area (Å²) in [6.07, 6.45) is 3.68. The fourth-order valence-electron chi connectivity index (χ4n) is 1.90. The summed E-state index contributed by atoms with van der Waals surface area (Å²) in [6.45, 7) is 0.563. The number of nitrogens with one attached hydrogen (secondary N) is 4. The molecule has 0 radical (unpaired) electrons. The maximum atomic E-state index is 11.7. The lowest BCUT2D eigenvalue weighted by Crippen LogP contribution is -2.55. The molecule has 0 atom stereocenters. The van der Waals surface area contributed by atoms with E-state index in [-0.39, 0.29) is 25.4 Å². The van der Waals surface area contributed by atoms with Gasteiger partial charge >= 0.3 is 29.7 Å². The zero-order valence-corrected chi connectivity index (χ0v) is 19.2. The van der Waals surface area contributed by atoms with Gasteiger partial charge in [0, 0.05) is 55.7 Å². The average molecular weight is 441 g/mol. The molecule has 14 heteroatoms. The van der Waals surface area contributed by atoms with Crippen LogP contribution in [-0.4, -0.2) is 97.8 Å². The van der Waals surface area contributed by atoms with Crippen LogP contribution in [0.5, 0.6) is 0 Å². The Kier molecular flexibility index (Phi) is 13.7. The van der Waals surface area contributed by atoms with Crippen molar-refractivity contribution in [3.63, 3.8) is 0 Å². The molecule has 0 unspecified atom stereocenters. The van der Waals surface area contributed by atoms with E-state index in [4.69, 9.17) is 26.6 Å². The highest BCUT2D eigenvalue weighted by molar-refractivity contribution is 6.61. The zero-order chi connectivity index (χ0) is 21.5. The molecule has 164 valence electrons. The van der Waals surface area contributed by atoms with Crippen LogP contribution in [0.3, 0.4) is 0 Å². The van der Waals surface area contributed by atoms with Crippen molar-refractivity contribution in [2.45, 2.75) is 0 Å². The first-order valence-corrected chi connectivity index (χ1v) is 12.2. The van der Waals surface area contributed by atoms with Crippen molar-refractivity contribution < 1.29 is 36.1 Å². The number of carbonyl (C=O) groups is 2. The van der Waals surface area contributed by atoms with Crippen LogP contribution in [0.1, 0.15) is 0 Å². The second-order valence-electron chi connectivity index (χ2n) is 5.19. The fourth-order valence-corrected chi connectivity index (χ4v) is 4.53. The molecular formula is C14H32N4O8Si2. The first kappa shape index (κ1) is 26.5. The Bertz CT molecular complexity index is 431. The highest BCUT2D eigenvalue weighted by atomic mass is 28.4. The molecule has 0 fully saturated rings. The molecule has 0 heterocycles. The summed E-state index contributed by atoms with van der Waals surface area (Å²) in [5, 5.41) is 10.5. The average Bonchev–Trinajstić information content (AvgIpc) is 2.73. The Morgan fingerprint density at radius 2 is 0.893 bits per heavy atom. The van der Waals surface area contributed by atoms with Gasteiger partial charge in [-0.1, -0.05) is 12.2 Å². The summed E-state index contributed by atoms with van der Waals surface area (Å²) in [5.41, 5.74) is 0. The highest BCUT2D eigenvalue weighted by Crippen LogP contribution is 2.04. The molecule has 0 aromatic carbocycles. The number of rotatable bonds is 14. The maximum Gasteiger partial charge on any atom is 0.520 e. The molecule has 0 saturated heterocycles. The monoisotopic (exact) mass is 440 g/mol. The second kappa shape index (κ2) is 14.5. The van der Waals surface area contributed by atoms with Gasteiger partial charge in [0.05, 0.1) is 12.3 Å². The van der Waals surface area contributed by atoms with Crippen LogP contribution in [0.2, 0.25) is 0 Å². The van der Waals surface area contributed by atoms with Crippen molar-refractivity contribution in [1.82, 2.24) is 21.3 Å². The number of carbonyl (C=O) groups excluding carboxylic acids is 2. The van der Waals surface area contributed by atoms with Crippen molar-refractivity contribution >= 4 is 29.7 Å². The van der Waals surface area contributed by atoms with Gasteiger partial charge < -0.3 is 47.8 Å². The van der Waals surface area contributed by atoms with E-state index in [0.717, 1.165) is 0 Å². The lowest BCUT2D eigenvalue weighted by molar-refractivity contribution is 0.122. The predicted octanol–water partition coefficient (Wildman–Crippen LogP) is -1.02. The minimum atomic E-state index is -2.85. The Morgan fingerprint density at radius 3 is 1.14 bits per heavy atom. The summed E-state index contributed by atoms with van der Waals surface area (Å²) >= 11 is 0. The smallest absolute Gasteiger partial charge is 0.376 e. The Labute approximate surface area is 167 Å². The Balaban J connectivity index is 4.01. The quantitative estimate of drug-likeness (QED) is 0.199. The molecule has 0 aliphatic rings. The summed E-state index contributed by atoms with van der Waals surface area (Å²) in [4.78, 5) is 23.5. The van der Waals surface area contributed by atoms with Gasteiger partial charge in [-0.25, -0.2) is 9.59 Å². The van der Waals surface area contributed by atoms with E-state index < -0.39 is 29.7 Å². The first-order valence-electron chi connectivity index (χ1n) is 8.35. The standard InChI is InChI=1S/C14H32N4O8Si2/c1-21-27(22-2,23-3)11-17-13(19)15-9-7-8-10-16-14(20)18-12-28(24-4,25-5)26-6/h7-8H,9-12H2,1-6H3,(H2,15,17,19)(H2,16,18,20)/b8-7+. The van der Waals surface area contributed by atoms with Gasteiger partial charge in [0.2, 0.25) is 0 Å². The first-order chi connectivity index (χ1) is 13.4. The van der Waals surface area contributed by atoms with Crippen molar-refractivity contribution in [2.24, 2.45) is 0 Å². The highest BCUT2D eigenvalue weighted by Gasteiger charge is 2.39. The van der Waals surface area contributed by atoms with Gasteiger partial charge in [-0.15, -0.1) is 0 Å². The van der Waals surface area contributed by atoms with Crippen LogP contribution < -0.4 is 21.3 Å². The molecule has 0 aliphatic heterocycles. The van der Waals surface area contributed by atoms with Gasteiger partial charge in [-0.2, -0.15) is 0 Å². The Morgan fingerprint density at radius 1 is 0.607 bits per heavy atom. The maximum absolute atomic E-state index is 11.7. The summed E-state index contributed by atoms with van der Waals surface area (Å²) in [6, 6.07) is -0.781. The third kappa shape index (κ3) is 9.60. The van der Waals surface area contributed by atoms with Gasteiger partial charge in [0.1, 0.15) is 0 Å². The van der Waals surface area contributed by atoms with E-state index in [0.29, 0.717) is 0 Å². The van der Waals surface area contributed by atoms with E-state index in [2.05, 4.69) is 21.3 Å². The van der Waals surface area contributed by atoms with E-state index in [1.807, 2.05) is 0 Å². The normalized spacial score (nSPS) is 12.1. The number of amides is 4. The summed E-state index contributed by atoms with van der Waals surface area (Å²) in [7, 11) is 3.09. The third-order valence-electron chi connectivity index (χ3n) is 3.72. The fraction of sp³-hybridized carbons (Fsp3) is 0.714. The molecule has 0 spiro atoms. The van der Waals surface area contributed by atoms with E-state index >= 15 is 0 Å². The third-order valence-corrected chi connectivity index (χ3v) is 8.68. The number of hydrogen-bond acceptors (Lipinski definition) is 8. The molecule has 4 N–H and O–H groups in total. The van der Waals surface area contributed by atoms with Crippen LogP contribution in [-0.2, 0) is 26.6 Å². The molecule has 0 aromatic rings. The van der Waals surface area contributed by atoms with Crippen LogP contribution in [0.25, 0.3) is 0 Å². The molecule has 0 aliphatic carbocycles. The second-order valence-corrected chi connectivity index (χ2v) is 11.1. The Hall–Kier alpha value is -1.53. The minimum absolute atomic E-state index is 0.142.